The van der Waals surface area contributed by atoms with Gasteiger partial charge in [0.15, 0.2) is 5.60 Å². The van der Waals surface area contributed by atoms with Gasteiger partial charge in [0.05, 0.1) is 44.7 Å². The number of cyclic esters (lactones) is 1. The lowest BCUT2D eigenvalue weighted by Gasteiger charge is -2.67. The van der Waals surface area contributed by atoms with Crippen molar-refractivity contribution in [2.75, 3.05) is 9.80 Å². The Morgan fingerprint density at radius 2 is 1.38 bits per heavy atom. The van der Waals surface area contributed by atoms with Crippen LogP contribution in [-0.2, 0) is 14.3 Å². The molecule has 1 aromatic rings. The highest BCUT2D eigenvalue weighted by Gasteiger charge is 2.65. The summed E-state index contributed by atoms with van der Waals surface area (Å²) in [5.41, 5.74) is -4.32. The van der Waals surface area contributed by atoms with E-state index in [-0.39, 0.29) is 5.91 Å². The summed E-state index contributed by atoms with van der Waals surface area (Å²) in [4.78, 5) is 28.7. The molecule has 37 heavy (non-hydrogen) atoms. The van der Waals surface area contributed by atoms with Gasteiger partial charge < -0.3 is 19.7 Å². The second-order valence-electron chi connectivity index (χ2n) is 13.8. The van der Waals surface area contributed by atoms with Crippen molar-refractivity contribution in [3.05, 3.63) is 24.0 Å². The SMILES string of the molecule is CC(=O)NC(C)(C)[C@]1(C)OC(=O)N(c2ccc(N3C(C)(C)C(C)(C)OC(C)(C)C3(C)C)c(F)c2)C1(C)C. The lowest BCUT2D eigenvalue weighted by molar-refractivity contribution is -0.214. The average molecular weight is 520 g/mol. The van der Waals surface area contributed by atoms with Gasteiger partial charge in [0.25, 0.3) is 0 Å². The molecular weight excluding hydrogens is 473 g/mol. The molecule has 0 aromatic heterocycles. The summed E-state index contributed by atoms with van der Waals surface area (Å²) < 4.78 is 28.6. The lowest BCUT2D eigenvalue weighted by atomic mass is 9.70. The van der Waals surface area contributed by atoms with Gasteiger partial charge in [0, 0.05) is 6.92 Å². The zero-order chi connectivity index (χ0) is 28.8. The quantitative estimate of drug-likeness (QED) is 0.514. The summed E-state index contributed by atoms with van der Waals surface area (Å²) in [6.45, 7) is 27.0. The normalized spacial score (nSPS) is 27.6. The summed E-state index contributed by atoms with van der Waals surface area (Å²) in [7, 11) is 0. The van der Waals surface area contributed by atoms with Crippen LogP contribution in [0.4, 0.5) is 20.6 Å². The smallest absolute Gasteiger partial charge is 0.415 e. The fourth-order valence-electron chi connectivity index (χ4n) is 6.21. The maximum Gasteiger partial charge on any atom is 0.415 e. The molecule has 2 fully saturated rings. The molecule has 208 valence electrons. The van der Waals surface area contributed by atoms with Crippen LogP contribution in [0.25, 0.3) is 0 Å². The predicted molar refractivity (Wildman–Crippen MR) is 146 cm³/mol. The molecule has 0 spiro atoms. The van der Waals surface area contributed by atoms with Gasteiger partial charge in [-0.1, -0.05) is 0 Å². The van der Waals surface area contributed by atoms with Crippen LogP contribution in [0.2, 0.25) is 0 Å². The van der Waals surface area contributed by atoms with E-state index in [2.05, 4.69) is 37.9 Å². The van der Waals surface area contributed by atoms with E-state index in [1.165, 1.54) is 17.9 Å². The van der Waals surface area contributed by atoms with Crippen molar-refractivity contribution in [1.29, 1.82) is 0 Å². The molecule has 0 aliphatic carbocycles. The molecule has 0 unspecified atom stereocenters. The molecule has 2 aliphatic heterocycles. The van der Waals surface area contributed by atoms with Crippen LogP contribution in [0.3, 0.4) is 0 Å². The number of anilines is 2. The summed E-state index contributed by atoms with van der Waals surface area (Å²) in [5, 5.41) is 2.91. The van der Waals surface area contributed by atoms with Gasteiger partial charge in [0.1, 0.15) is 5.82 Å². The first-order valence-electron chi connectivity index (χ1n) is 13.0. The number of halogens is 1. The summed E-state index contributed by atoms with van der Waals surface area (Å²) in [5.74, 6) is -0.668. The van der Waals surface area contributed by atoms with E-state index in [0.717, 1.165) is 0 Å². The number of hydrogen-bond donors (Lipinski definition) is 1. The Morgan fingerprint density at radius 3 is 1.81 bits per heavy atom. The van der Waals surface area contributed by atoms with Crippen LogP contribution in [0, 0.1) is 5.82 Å². The second kappa shape index (κ2) is 8.08. The maximum absolute atomic E-state index is 16.1. The number of hydrogen-bond acceptors (Lipinski definition) is 5. The van der Waals surface area contributed by atoms with Crippen molar-refractivity contribution in [2.24, 2.45) is 0 Å². The molecule has 0 saturated carbocycles. The highest BCUT2D eigenvalue weighted by atomic mass is 19.1. The highest BCUT2D eigenvalue weighted by molar-refractivity contribution is 5.93. The third-order valence-corrected chi connectivity index (χ3v) is 9.89. The van der Waals surface area contributed by atoms with E-state index < -0.39 is 50.9 Å². The first-order chi connectivity index (χ1) is 16.4. The van der Waals surface area contributed by atoms with Gasteiger partial charge in [-0.25, -0.2) is 9.18 Å². The van der Waals surface area contributed by atoms with Gasteiger partial charge >= 0.3 is 6.09 Å². The Bertz CT molecular complexity index is 1100. The van der Waals surface area contributed by atoms with Crippen molar-refractivity contribution >= 4 is 23.4 Å². The number of benzene rings is 1. The third-order valence-electron chi connectivity index (χ3n) is 9.89. The van der Waals surface area contributed by atoms with Gasteiger partial charge in [-0.2, -0.15) is 0 Å². The van der Waals surface area contributed by atoms with Crippen LogP contribution in [-0.4, -0.2) is 51.0 Å². The highest BCUT2D eigenvalue weighted by Crippen LogP contribution is 2.53. The van der Waals surface area contributed by atoms with E-state index in [1.807, 2.05) is 55.4 Å². The molecule has 7 nitrogen and oxygen atoms in total. The van der Waals surface area contributed by atoms with E-state index in [4.69, 9.17) is 9.47 Å². The number of amides is 2. The molecule has 2 aliphatic rings. The van der Waals surface area contributed by atoms with Crippen LogP contribution >= 0.6 is 0 Å². The summed E-state index contributed by atoms with van der Waals surface area (Å²) in [6, 6.07) is 4.90. The monoisotopic (exact) mass is 519 g/mol. The molecule has 0 radical (unpaired) electrons. The molecule has 3 rings (SSSR count). The Balaban J connectivity index is 2.12. The first kappa shape index (κ1) is 29.2. The van der Waals surface area contributed by atoms with Crippen molar-refractivity contribution in [3.63, 3.8) is 0 Å². The average Bonchev–Trinajstić information content (AvgIpc) is 2.85. The van der Waals surface area contributed by atoms with E-state index in [0.29, 0.717) is 11.4 Å². The number of ether oxygens (including phenoxy) is 2. The van der Waals surface area contributed by atoms with Crippen molar-refractivity contribution in [2.45, 2.75) is 136 Å². The minimum absolute atomic E-state index is 0.228. The Hall–Kier alpha value is -2.35. The second-order valence-corrected chi connectivity index (χ2v) is 13.8. The van der Waals surface area contributed by atoms with Crippen molar-refractivity contribution in [3.8, 4) is 0 Å². The summed E-state index contributed by atoms with van der Waals surface area (Å²) in [6.07, 6.45) is -0.590. The van der Waals surface area contributed by atoms with Gasteiger partial charge in [-0.05, 0) is 108 Å². The van der Waals surface area contributed by atoms with Crippen LogP contribution < -0.4 is 15.1 Å². The number of carbonyl (C=O) groups excluding carboxylic acids is 2. The van der Waals surface area contributed by atoms with Gasteiger partial charge in [0.2, 0.25) is 5.91 Å². The predicted octanol–water partition coefficient (Wildman–Crippen LogP) is 6.19. The fourth-order valence-corrected chi connectivity index (χ4v) is 6.21. The molecular formula is C29H46FN3O4. The minimum Gasteiger partial charge on any atom is -0.438 e. The van der Waals surface area contributed by atoms with Crippen LogP contribution in [0.15, 0.2) is 18.2 Å². The number of rotatable bonds is 4. The molecule has 2 saturated heterocycles. The number of nitrogens with one attached hydrogen (secondary N) is 1. The maximum atomic E-state index is 16.1. The first-order valence-corrected chi connectivity index (χ1v) is 13.0. The topological polar surface area (TPSA) is 71.1 Å². The number of carbonyl (C=O) groups is 2. The molecule has 2 amide bonds. The molecule has 8 heteroatoms. The van der Waals surface area contributed by atoms with Crippen LogP contribution in [0.5, 0.6) is 0 Å². The molecule has 1 aromatic carbocycles. The van der Waals surface area contributed by atoms with Crippen LogP contribution in [0.1, 0.15) is 96.9 Å². The largest absolute Gasteiger partial charge is 0.438 e. The Labute approximate surface area is 222 Å². The number of morpholine rings is 1. The Kier molecular flexibility index (Phi) is 6.37. The third kappa shape index (κ3) is 3.93. The standard InChI is InChI=1S/C29H46FN3O4/c1-18(34)31-23(2,3)29(14)26(8,9)32(22(35)36-29)19-15-16-21(20(30)17-19)33-24(4,5)27(10,11)37-28(12,13)25(33,6)7/h15-17H,1-14H3,(H,31,34)/t29-/m0/s1. The molecule has 0 bridgehead atoms. The lowest BCUT2D eigenvalue weighted by Crippen LogP contribution is -2.78. The molecule has 1 atom stereocenters. The zero-order valence-corrected chi connectivity index (χ0v) is 25.1. The number of nitrogens with zero attached hydrogens (tertiary/aromatic N) is 2. The molecule has 1 N–H and O–H groups in total. The zero-order valence-electron chi connectivity index (χ0n) is 25.1. The minimum atomic E-state index is -1.10. The van der Waals surface area contributed by atoms with Gasteiger partial charge in [-0.3, -0.25) is 9.69 Å². The fraction of sp³-hybridized carbons (Fsp3) is 0.724. The van der Waals surface area contributed by atoms with Crippen molar-refractivity contribution in [1.82, 2.24) is 5.32 Å². The summed E-state index contributed by atoms with van der Waals surface area (Å²) >= 11 is 0. The molecule has 2 heterocycles. The van der Waals surface area contributed by atoms with Gasteiger partial charge in [-0.15, -0.1) is 0 Å². The van der Waals surface area contributed by atoms with E-state index >= 15 is 4.39 Å². The van der Waals surface area contributed by atoms with E-state index in [1.54, 1.807) is 19.1 Å². The van der Waals surface area contributed by atoms with E-state index in [9.17, 15) is 9.59 Å². The van der Waals surface area contributed by atoms with Crippen molar-refractivity contribution < 1.29 is 23.5 Å². The Morgan fingerprint density at radius 1 is 0.892 bits per heavy atom.